The molecule has 0 bridgehead atoms. The molecule has 0 radical (unpaired) electrons. The van der Waals surface area contributed by atoms with Crippen molar-refractivity contribution in [2.75, 3.05) is 20.1 Å². The van der Waals surface area contributed by atoms with Gasteiger partial charge in [0.1, 0.15) is 0 Å². The molecule has 0 amide bonds. The molecule has 1 heterocycles. The summed E-state index contributed by atoms with van der Waals surface area (Å²) in [4.78, 5) is 6.75. The second-order valence-corrected chi connectivity index (χ2v) is 7.01. The van der Waals surface area contributed by atoms with Crippen molar-refractivity contribution in [3.05, 3.63) is 18.2 Å². The van der Waals surface area contributed by atoms with Gasteiger partial charge in [-0.15, -0.1) is 0 Å². The van der Waals surface area contributed by atoms with Gasteiger partial charge in [-0.3, -0.25) is 0 Å². The van der Waals surface area contributed by atoms with Crippen molar-refractivity contribution in [2.24, 2.45) is 5.92 Å². The number of rotatable bonds is 13. The van der Waals surface area contributed by atoms with Crippen molar-refractivity contribution in [3.63, 3.8) is 0 Å². The summed E-state index contributed by atoms with van der Waals surface area (Å²) in [5.41, 5.74) is 1.11. The van der Waals surface area contributed by atoms with Gasteiger partial charge in [0.25, 0.3) is 0 Å². The van der Waals surface area contributed by atoms with Gasteiger partial charge >= 0.3 is 0 Å². The molecule has 0 spiro atoms. The number of nitrogens with zero attached hydrogens (tertiary/aromatic N) is 3. The molecule has 3 nitrogen and oxygen atoms in total. The first-order chi connectivity index (χ1) is 10.6. The van der Waals surface area contributed by atoms with Crippen molar-refractivity contribution in [1.82, 2.24) is 14.5 Å². The summed E-state index contributed by atoms with van der Waals surface area (Å²) >= 11 is 0. The Balaban J connectivity index is 1.95. The van der Waals surface area contributed by atoms with Crippen LogP contribution in [0.5, 0.6) is 0 Å². The Hall–Kier alpha value is -0.830. The van der Waals surface area contributed by atoms with Crippen LogP contribution in [0.25, 0.3) is 0 Å². The Morgan fingerprint density at radius 1 is 1.09 bits per heavy atom. The molecular weight excluding hydrogens is 270 g/mol. The highest BCUT2D eigenvalue weighted by molar-refractivity contribution is 4.91. The van der Waals surface area contributed by atoms with Crippen LogP contribution in [-0.2, 0) is 6.54 Å². The summed E-state index contributed by atoms with van der Waals surface area (Å²) in [6.45, 7) is 10.3. The fraction of sp³-hybridized carbons (Fsp3) is 0.842. The second kappa shape index (κ2) is 11.7. The number of imidazole rings is 1. The van der Waals surface area contributed by atoms with Gasteiger partial charge in [0.05, 0.1) is 12.0 Å². The maximum Gasteiger partial charge on any atom is 0.0949 e. The lowest BCUT2D eigenvalue weighted by molar-refractivity contribution is 0.307. The van der Waals surface area contributed by atoms with Gasteiger partial charge in [-0.2, -0.15) is 0 Å². The van der Waals surface area contributed by atoms with Gasteiger partial charge in [-0.25, -0.2) is 4.98 Å². The summed E-state index contributed by atoms with van der Waals surface area (Å²) in [6.07, 6.45) is 15.0. The molecule has 0 saturated carbocycles. The topological polar surface area (TPSA) is 21.1 Å². The second-order valence-electron chi connectivity index (χ2n) is 7.01. The lowest BCUT2D eigenvalue weighted by Gasteiger charge is -2.17. The first-order valence-electron chi connectivity index (χ1n) is 9.28. The normalized spacial score (nSPS) is 13.0. The van der Waals surface area contributed by atoms with Crippen LogP contribution in [0.15, 0.2) is 12.5 Å². The average Bonchev–Trinajstić information content (AvgIpc) is 2.89. The van der Waals surface area contributed by atoms with E-state index in [4.69, 9.17) is 0 Å². The zero-order valence-corrected chi connectivity index (χ0v) is 15.4. The highest BCUT2D eigenvalue weighted by Gasteiger charge is 2.03. The molecule has 0 aliphatic rings. The van der Waals surface area contributed by atoms with E-state index in [1.54, 1.807) is 0 Å². The SMILES string of the molecule is CCCCCC(C)CCCCN(C)CCCn1cnc(C)c1. The predicted octanol–water partition coefficient (Wildman–Crippen LogP) is 4.90. The van der Waals surface area contributed by atoms with Gasteiger partial charge < -0.3 is 9.47 Å². The van der Waals surface area contributed by atoms with E-state index in [9.17, 15) is 0 Å². The first-order valence-corrected chi connectivity index (χ1v) is 9.28. The van der Waals surface area contributed by atoms with Gasteiger partial charge in [-0.1, -0.05) is 52.4 Å². The summed E-state index contributed by atoms with van der Waals surface area (Å²) in [5.74, 6) is 0.918. The summed E-state index contributed by atoms with van der Waals surface area (Å²) in [5, 5.41) is 0. The van der Waals surface area contributed by atoms with E-state index in [1.165, 1.54) is 64.5 Å². The van der Waals surface area contributed by atoms with Crippen molar-refractivity contribution < 1.29 is 0 Å². The lowest BCUT2D eigenvalue weighted by atomic mass is 9.97. The van der Waals surface area contributed by atoms with Crippen LogP contribution in [0.3, 0.4) is 0 Å². The molecule has 128 valence electrons. The van der Waals surface area contributed by atoms with E-state index in [1.807, 2.05) is 13.3 Å². The van der Waals surface area contributed by atoms with E-state index < -0.39 is 0 Å². The molecule has 3 heteroatoms. The van der Waals surface area contributed by atoms with Crippen molar-refractivity contribution >= 4 is 0 Å². The Labute approximate surface area is 138 Å². The smallest absolute Gasteiger partial charge is 0.0949 e. The molecule has 1 aromatic rings. The van der Waals surface area contributed by atoms with E-state index >= 15 is 0 Å². The summed E-state index contributed by atoms with van der Waals surface area (Å²) < 4.78 is 2.20. The molecule has 0 fully saturated rings. The van der Waals surface area contributed by atoms with Gasteiger partial charge in [0.2, 0.25) is 0 Å². The highest BCUT2D eigenvalue weighted by Crippen LogP contribution is 2.16. The zero-order valence-electron chi connectivity index (χ0n) is 15.4. The molecule has 1 rings (SSSR count). The Morgan fingerprint density at radius 2 is 1.77 bits per heavy atom. The molecular formula is C19H37N3. The maximum atomic E-state index is 4.27. The summed E-state index contributed by atoms with van der Waals surface area (Å²) in [7, 11) is 2.25. The lowest BCUT2D eigenvalue weighted by Crippen LogP contribution is -2.22. The van der Waals surface area contributed by atoms with Crippen LogP contribution in [0.2, 0.25) is 0 Å². The van der Waals surface area contributed by atoms with Crippen LogP contribution in [0, 0.1) is 12.8 Å². The molecule has 22 heavy (non-hydrogen) atoms. The first kappa shape index (κ1) is 19.2. The molecule has 0 aliphatic heterocycles. The number of hydrogen-bond donors (Lipinski definition) is 0. The fourth-order valence-electron chi connectivity index (χ4n) is 2.99. The molecule has 0 N–H and O–H groups in total. The number of unbranched alkanes of at least 4 members (excludes halogenated alkanes) is 3. The molecule has 1 unspecified atom stereocenters. The van der Waals surface area contributed by atoms with Crippen LogP contribution in [0.4, 0.5) is 0 Å². The number of aryl methyl sites for hydroxylation is 2. The monoisotopic (exact) mass is 307 g/mol. The number of aromatic nitrogens is 2. The minimum atomic E-state index is 0.918. The van der Waals surface area contributed by atoms with E-state index in [0.29, 0.717) is 0 Å². The Morgan fingerprint density at radius 3 is 2.41 bits per heavy atom. The van der Waals surface area contributed by atoms with E-state index in [0.717, 1.165) is 18.2 Å². The standard InChI is InChI=1S/C19H37N3/c1-5-6-7-11-18(2)12-8-9-13-21(4)14-10-15-22-16-19(3)20-17-22/h16-18H,5-15H2,1-4H3. The summed E-state index contributed by atoms with van der Waals surface area (Å²) in [6, 6.07) is 0. The molecule has 0 saturated heterocycles. The minimum absolute atomic E-state index is 0.918. The quantitative estimate of drug-likeness (QED) is 0.483. The highest BCUT2D eigenvalue weighted by atomic mass is 15.1. The largest absolute Gasteiger partial charge is 0.337 e. The van der Waals surface area contributed by atoms with Gasteiger partial charge in [-0.05, 0) is 45.8 Å². The molecule has 0 aromatic carbocycles. The maximum absolute atomic E-state index is 4.27. The van der Waals surface area contributed by atoms with Crippen molar-refractivity contribution in [3.8, 4) is 0 Å². The third kappa shape index (κ3) is 9.24. The van der Waals surface area contributed by atoms with Crippen LogP contribution in [-0.4, -0.2) is 34.6 Å². The van der Waals surface area contributed by atoms with Gasteiger partial charge in [0, 0.05) is 12.7 Å². The third-order valence-corrected chi connectivity index (χ3v) is 4.51. The van der Waals surface area contributed by atoms with Crippen LogP contribution >= 0.6 is 0 Å². The average molecular weight is 308 g/mol. The van der Waals surface area contributed by atoms with Crippen LogP contribution in [0.1, 0.15) is 70.9 Å². The van der Waals surface area contributed by atoms with Crippen LogP contribution < -0.4 is 0 Å². The van der Waals surface area contributed by atoms with E-state index in [-0.39, 0.29) is 0 Å². The van der Waals surface area contributed by atoms with Crippen molar-refractivity contribution in [1.29, 1.82) is 0 Å². The Kier molecular flexibility index (Phi) is 10.2. The number of hydrogen-bond acceptors (Lipinski definition) is 2. The minimum Gasteiger partial charge on any atom is -0.337 e. The predicted molar refractivity (Wildman–Crippen MR) is 96.2 cm³/mol. The Bertz CT molecular complexity index is 373. The molecule has 0 aliphatic carbocycles. The van der Waals surface area contributed by atoms with Gasteiger partial charge in [0.15, 0.2) is 0 Å². The molecule has 1 atom stereocenters. The third-order valence-electron chi connectivity index (χ3n) is 4.51. The molecule has 1 aromatic heterocycles. The zero-order chi connectivity index (χ0) is 16.2. The van der Waals surface area contributed by atoms with Crippen molar-refractivity contribution in [2.45, 2.75) is 78.7 Å². The fourth-order valence-corrected chi connectivity index (χ4v) is 2.99. The van der Waals surface area contributed by atoms with E-state index in [2.05, 4.69) is 41.5 Å².